The van der Waals surface area contributed by atoms with Crippen LogP contribution >= 0.6 is 0 Å². The molecule has 0 spiro atoms. The lowest BCUT2D eigenvalue weighted by atomic mass is 9.82. The molecular weight excluding hydrogens is 548 g/mol. The Morgan fingerprint density at radius 2 is 1.53 bits per heavy atom. The molecule has 218 valence electrons. The van der Waals surface area contributed by atoms with Crippen molar-refractivity contribution < 1.29 is 4.74 Å². The van der Waals surface area contributed by atoms with Crippen LogP contribution in [0.3, 0.4) is 0 Å². The van der Waals surface area contributed by atoms with E-state index in [2.05, 4.69) is 149 Å². The first-order chi connectivity index (χ1) is 22.3. The number of rotatable bonds is 3. The summed E-state index contributed by atoms with van der Waals surface area (Å²) in [5, 5.41) is 3.98. The van der Waals surface area contributed by atoms with Crippen molar-refractivity contribution in [2.45, 2.75) is 43.2 Å². The normalized spacial score (nSPS) is 25.3. The molecule has 3 heteroatoms. The van der Waals surface area contributed by atoms with Crippen LogP contribution in [0.25, 0.3) is 28.7 Å². The van der Waals surface area contributed by atoms with Crippen LogP contribution in [0.15, 0.2) is 133 Å². The Balaban J connectivity index is 1.06. The maximum absolute atomic E-state index is 6.72. The van der Waals surface area contributed by atoms with Crippen LogP contribution in [0.1, 0.15) is 42.2 Å². The van der Waals surface area contributed by atoms with Crippen molar-refractivity contribution in [3.8, 4) is 11.4 Å². The predicted molar refractivity (Wildman–Crippen MR) is 184 cm³/mol. The average molecular weight is 583 g/mol. The molecule has 1 aromatic heterocycles. The summed E-state index contributed by atoms with van der Waals surface area (Å²) < 4.78 is 9.15. The third-order valence-corrected chi connectivity index (χ3v) is 10.7. The molecule has 2 aliphatic heterocycles. The monoisotopic (exact) mass is 582 g/mol. The molecule has 0 amide bonds. The number of benzene rings is 4. The lowest BCUT2D eigenvalue weighted by Crippen LogP contribution is -2.33. The highest BCUT2D eigenvalue weighted by atomic mass is 16.5. The fourth-order valence-electron chi connectivity index (χ4n) is 8.67. The van der Waals surface area contributed by atoms with Crippen LogP contribution in [-0.4, -0.2) is 16.7 Å². The van der Waals surface area contributed by atoms with Gasteiger partial charge in [-0.25, -0.2) is 0 Å². The Hall–Kier alpha value is -5.02. The van der Waals surface area contributed by atoms with Gasteiger partial charge in [0.25, 0.3) is 0 Å². The number of allylic oxidation sites excluding steroid dienone is 3. The minimum absolute atomic E-state index is 0.225. The number of aromatic nitrogens is 1. The molecule has 5 atom stereocenters. The largest absolute Gasteiger partial charge is 0.487 e. The zero-order chi connectivity index (χ0) is 29.5. The van der Waals surface area contributed by atoms with Gasteiger partial charge < -0.3 is 14.2 Å². The van der Waals surface area contributed by atoms with Gasteiger partial charge in [-0.1, -0.05) is 109 Å². The first-order valence-electron chi connectivity index (χ1n) is 16.4. The number of para-hydroxylation sites is 4. The second-order valence-electron chi connectivity index (χ2n) is 13.1. The van der Waals surface area contributed by atoms with Crippen molar-refractivity contribution in [1.29, 1.82) is 0 Å². The SMILES string of the molecule is C1=CC2c3cccc(N4c5ccccc5C5C=C(C6C=c7c(n(-c8ccccc8)c8ccccc78)=CC6)C=CC54)c3OC2CC1. The highest BCUT2D eigenvalue weighted by Crippen LogP contribution is 2.54. The van der Waals surface area contributed by atoms with Gasteiger partial charge in [-0.05, 0) is 60.7 Å². The molecule has 3 heterocycles. The van der Waals surface area contributed by atoms with Crippen molar-refractivity contribution in [3.63, 3.8) is 0 Å². The summed E-state index contributed by atoms with van der Waals surface area (Å²) in [7, 11) is 0. The van der Waals surface area contributed by atoms with Gasteiger partial charge in [0, 0.05) is 50.6 Å². The maximum Gasteiger partial charge on any atom is 0.147 e. The van der Waals surface area contributed by atoms with Gasteiger partial charge in [0.1, 0.15) is 11.9 Å². The lowest BCUT2D eigenvalue weighted by Gasteiger charge is -2.31. The van der Waals surface area contributed by atoms with Crippen molar-refractivity contribution in [3.05, 3.63) is 155 Å². The van der Waals surface area contributed by atoms with Crippen molar-refractivity contribution in [2.75, 3.05) is 4.90 Å². The van der Waals surface area contributed by atoms with Gasteiger partial charge in [0.2, 0.25) is 0 Å². The zero-order valence-corrected chi connectivity index (χ0v) is 25.1. The van der Waals surface area contributed by atoms with Crippen LogP contribution in [0.4, 0.5) is 11.4 Å². The van der Waals surface area contributed by atoms with E-state index in [-0.39, 0.29) is 12.1 Å². The summed E-state index contributed by atoms with van der Waals surface area (Å²) in [6.45, 7) is 0. The third-order valence-electron chi connectivity index (χ3n) is 10.7. The topological polar surface area (TPSA) is 17.4 Å². The van der Waals surface area contributed by atoms with Crippen LogP contribution in [0.5, 0.6) is 5.75 Å². The maximum atomic E-state index is 6.72. The van der Waals surface area contributed by atoms with E-state index in [4.69, 9.17) is 4.74 Å². The standard InChI is InChI=1S/C42H34N2O/c1-2-11-29(12-3-1)43-36-17-7-4-13-30(36)34-25-27(21-23-38(34)43)28-22-24-39-35(26-28)31-14-5-8-18-37(31)44(39)40-19-10-16-33-32-15-6-9-20-41(32)45-42(33)40/h1-8,10-19,22-27,32,35,39,41H,9,20-21H2. The molecule has 5 aliphatic rings. The Labute approximate surface area is 263 Å². The molecule has 45 heavy (non-hydrogen) atoms. The summed E-state index contributed by atoms with van der Waals surface area (Å²) >= 11 is 0. The van der Waals surface area contributed by atoms with Crippen LogP contribution < -0.4 is 20.2 Å². The fraction of sp³-hybridized carbons (Fsp3) is 0.190. The molecular formula is C42H34N2O. The second kappa shape index (κ2) is 9.74. The van der Waals surface area contributed by atoms with Gasteiger partial charge in [-0.15, -0.1) is 0 Å². The molecule has 10 rings (SSSR count). The zero-order valence-electron chi connectivity index (χ0n) is 25.1. The summed E-state index contributed by atoms with van der Waals surface area (Å²) in [4.78, 5) is 2.55. The highest BCUT2D eigenvalue weighted by Gasteiger charge is 2.42. The number of hydrogen-bond acceptors (Lipinski definition) is 2. The van der Waals surface area contributed by atoms with Gasteiger partial charge in [-0.3, -0.25) is 0 Å². The Kier molecular flexibility index (Phi) is 5.48. The molecule has 0 radical (unpaired) electrons. The van der Waals surface area contributed by atoms with E-state index >= 15 is 0 Å². The smallest absolute Gasteiger partial charge is 0.147 e. The lowest BCUT2D eigenvalue weighted by molar-refractivity contribution is 0.205. The quantitative estimate of drug-likeness (QED) is 0.200. The molecule has 3 aliphatic carbocycles. The number of fused-ring (bicyclic) bond motifs is 9. The molecule has 0 saturated heterocycles. The minimum Gasteiger partial charge on any atom is -0.487 e. The first kappa shape index (κ1) is 25.3. The molecule has 5 aromatic rings. The van der Waals surface area contributed by atoms with E-state index in [1.54, 1.807) is 0 Å². The van der Waals surface area contributed by atoms with E-state index in [9.17, 15) is 0 Å². The van der Waals surface area contributed by atoms with E-state index in [1.165, 1.54) is 55.2 Å². The Morgan fingerprint density at radius 1 is 0.711 bits per heavy atom. The molecule has 0 bridgehead atoms. The average Bonchev–Trinajstić information content (AvgIpc) is 3.76. The highest BCUT2D eigenvalue weighted by molar-refractivity contribution is 5.85. The summed E-state index contributed by atoms with van der Waals surface area (Å²) in [5.74, 6) is 2.08. The van der Waals surface area contributed by atoms with Crippen molar-refractivity contribution in [2.24, 2.45) is 5.92 Å². The van der Waals surface area contributed by atoms with Gasteiger partial charge in [0.15, 0.2) is 0 Å². The van der Waals surface area contributed by atoms with Crippen molar-refractivity contribution >= 4 is 34.4 Å². The van der Waals surface area contributed by atoms with E-state index in [0.29, 0.717) is 17.8 Å². The third kappa shape index (κ3) is 3.70. The molecule has 4 aromatic carbocycles. The summed E-state index contributed by atoms with van der Waals surface area (Å²) in [5.41, 5.74) is 9.13. The van der Waals surface area contributed by atoms with Crippen LogP contribution in [0, 0.1) is 5.92 Å². The fourth-order valence-corrected chi connectivity index (χ4v) is 8.67. The van der Waals surface area contributed by atoms with Crippen molar-refractivity contribution in [1.82, 2.24) is 4.57 Å². The van der Waals surface area contributed by atoms with Gasteiger partial charge in [-0.2, -0.15) is 0 Å². The second-order valence-corrected chi connectivity index (χ2v) is 13.1. The van der Waals surface area contributed by atoms with E-state index in [1.807, 2.05) is 0 Å². The summed E-state index contributed by atoms with van der Waals surface area (Å²) in [6.07, 6.45) is 20.5. The summed E-state index contributed by atoms with van der Waals surface area (Å²) in [6, 6.07) is 35.6. The number of hydrogen-bond donors (Lipinski definition) is 0. The predicted octanol–water partition coefficient (Wildman–Crippen LogP) is 8.21. The van der Waals surface area contributed by atoms with Crippen LogP contribution in [0.2, 0.25) is 0 Å². The van der Waals surface area contributed by atoms with E-state index < -0.39 is 0 Å². The number of anilines is 2. The molecule has 0 saturated carbocycles. The molecule has 0 fully saturated rings. The number of ether oxygens (including phenoxy) is 1. The molecule has 3 nitrogen and oxygen atoms in total. The Morgan fingerprint density at radius 3 is 2.49 bits per heavy atom. The minimum atomic E-state index is 0.225. The van der Waals surface area contributed by atoms with Crippen LogP contribution in [-0.2, 0) is 0 Å². The first-order valence-corrected chi connectivity index (χ1v) is 16.4. The molecule has 5 unspecified atom stereocenters. The van der Waals surface area contributed by atoms with Gasteiger partial charge >= 0.3 is 0 Å². The van der Waals surface area contributed by atoms with Gasteiger partial charge in [0.05, 0.1) is 17.2 Å². The Bertz CT molecular complexity index is 2220. The van der Waals surface area contributed by atoms with E-state index in [0.717, 1.165) is 25.0 Å². The number of nitrogens with zero attached hydrogens (tertiary/aromatic N) is 2. The molecule has 0 N–H and O–H groups in total.